The van der Waals surface area contributed by atoms with Gasteiger partial charge in [-0.15, -0.1) is 11.4 Å². The van der Waals surface area contributed by atoms with Crippen LogP contribution in [-0.4, -0.2) is 11.1 Å². The van der Waals surface area contributed by atoms with E-state index in [4.69, 9.17) is 11.1 Å². The molecule has 0 aliphatic carbocycles. The minimum absolute atomic E-state index is 0. The fraction of sp³-hybridized carbons (Fsp3) is 0.800. The fourth-order valence-corrected chi connectivity index (χ4v) is 3.22. The van der Waals surface area contributed by atoms with Crippen molar-refractivity contribution in [3.05, 3.63) is 0 Å². The summed E-state index contributed by atoms with van der Waals surface area (Å²) in [5.74, 6) is -0.411. The summed E-state index contributed by atoms with van der Waals surface area (Å²) in [5.41, 5.74) is 5.11. The van der Waals surface area contributed by atoms with Gasteiger partial charge in [-0.2, -0.15) is 0 Å². The average molecular weight is 233 g/mol. The monoisotopic (exact) mass is 233 g/mol. The summed E-state index contributed by atoms with van der Waals surface area (Å²) in [5, 5.41) is 6.29. The number of hydrogen-bond acceptors (Lipinski definition) is 5. The van der Waals surface area contributed by atoms with Crippen LogP contribution in [0.3, 0.4) is 0 Å². The molecule has 0 radical (unpaired) electrons. The standard InChI is InChI=1S/C5H13N2O3PS.Na/c1-3(2)4(5(6)7)12-11(8,9)10;/h3-4H,1-2H3,(H3,6,7)(H2,8,9,10);/q;+1/p-2. The van der Waals surface area contributed by atoms with Crippen molar-refractivity contribution in [3.63, 3.8) is 0 Å². The molecule has 0 heterocycles. The first kappa shape index (κ1) is 16.4. The normalized spacial score (nSPS) is 13.6. The molecule has 72 valence electrons. The van der Waals surface area contributed by atoms with Crippen molar-refractivity contribution in [2.45, 2.75) is 19.1 Å². The van der Waals surface area contributed by atoms with E-state index in [9.17, 15) is 14.4 Å². The Bertz CT molecular complexity index is 220. The summed E-state index contributed by atoms with van der Waals surface area (Å²) in [6, 6.07) is 0. The molecule has 0 bridgehead atoms. The molecule has 0 aromatic heterocycles. The van der Waals surface area contributed by atoms with E-state index in [0.717, 1.165) is 0 Å². The third kappa shape index (κ3) is 8.00. The maximum absolute atomic E-state index is 10.3. The quantitative estimate of drug-likeness (QED) is 0.226. The van der Waals surface area contributed by atoms with Gasteiger partial charge in [-0.1, -0.05) is 13.8 Å². The Morgan fingerprint density at radius 1 is 1.54 bits per heavy atom. The molecule has 0 aliphatic heterocycles. The maximum atomic E-state index is 10.3. The predicted octanol–water partition coefficient (Wildman–Crippen LogP) is -3.49. The van der Waals surface area contributed by atoms with E-state index >= 15 is 0 Å². The molecule has 0 rings (SSSR count). The Labute approximate surface area is 104 Å². The van der Waals surface area contributed by atoms with E-state index in [0.29, 0.717) is 0 Å². The molecule has 0 aromatic rings. The number of rotatable bonds is 4. The summed E-state index contributed by atoms with van der Waals surface area (Å²) in [4.78, 5) is 20.7. The first-order valence-corrected chi connectivity index (χ1v) is 6.31. The van der Waals surface area contributed by atoms with Crippen LogP contribution in [0.5, 0.6) is 0 Å². The van der Waals surface area contributed by atoms with Gasteiger partial charge in [-0.3, -0.25) is 5.41 Å². The van der Waals surface area contributed by atoms with Crippen molar-refractivity contribution < 1.29 is 43.9 Å². The Balaban J connectivity index is 0. The van der Waals surface area contributed by atoms with Crippen LogP contribution < -0.4 is 45.1 Å². The van der Waals surface area contributed by atoms with E-state index in [1.807, 2.05) is 0 Å². The first-order valence-electron chi connectivity index (χ1n) is 3.28. The molecule has 3 N–H and O–H groups in total. The summed E-state index contributed by atoms with van der Waals surface area (Å²) in [6.07, 6.45) is 0. The van der Waals surface area contributed by atoms with Gasteiger partial charge in [0, 0.05) is 0 Å². The largest absolute Gasteiger partial charge is 1.00 e. The fourth-order valence-electron chi connectivity index (χ4n) is 0.677. The van der Waals surface area contributed by atoms with Crippen LogP contribution in [0.1, 0.15) is 13.8 Å². The number of amidine groups is 1. The molecular formula is C5H11N2NaO3PS-. The van der Waals surface area contributed by atoms with Crippen molar-refractivity contribution in [2.24, 2.45) is 11.7 Å². The molecule has 13 heavy (non-hydrogen) atoms. The van der Waals surface area contributed by atoms with E-state index in [2.05, 4.69) is 0 Å². The summed E-state index contributed by atoms with van der Waals surface area (Å²) < 4.78 is 10.3. The molecule has 8 heteroatoms. The third-order valence-corrected chi connectivity index (χ3v) is 3.89. The van der Waals surface area contributed by atoms with Crippen LogP contribution in [0.15, 0.2) is 0 Å². The molecule has 0 saturated heterocycles. The van der Waals surface area contributed by atoms with E-state index in [1.165, 1.54) is 0 Å². The van der Waals surface area contributed by atoms with Crippen molar-refractivity contribution in [1.82, 2.24) is 0 Å². The second-order valence-electron chi connectivity index (χ2n) is 2.67. The van der Waals surface area contributed by atoms with Crippen LogP contribution >= 0.6 is 18.2 Å². The van der Waals surface area contributed by atoms with Gasteiger partial charge in [-0.05, 0) is 12.7 Å². The number of hydrogen-bond donors (Lipinski definition) is 2. The van der Waals surface area contributed by atoms with E-state index in [-0.39, 0.29) is 52.7 Å². The molecule has 0 aliphatic rings. The van der Waals surface area contributed by atoms with Gasteiger partial charge >= 0.3 is 29.6 Å². The Hall–Kier alpha value is 0.970. The molecule has 1 unspecified atom stereocenters. The number of nitrogens with one attached hydrogen (secondary N) is 1. The van der Waals surface area contributed by atoms with Crippen LogP contribution in [0, 0.1) is 11.3 Å². The zero-order valence-corrected chi connectivity index (χ0v) is 11.5. The van der Waals surface area contributed by atoms with Crippen LogP contribution in [0.25, 0.3) is 0 Å². The predicted molar refractivity (Wildman–Crippen MR) is 45.7 cm³/mol. The van der Waals surface area contributed by atoms with Crippen molar-refractivity contribution in [2.75, 3.05) is 0 Å². The SMILES string of the molecule is CC(C)C(SP(=O)([O-])[O-])C(=N)N.[Na+]. The zero-order valence-electron chi connectivity index (χ0n) is 7.81. The van der Waals surface area contributed by atoms with Crippen molar-refractivity contribution >= 4 is 24.0 Å². The molecule has 5 nitrogen and oxygen atoms in total. The smallest absolute Gasteiger partial charge is 0.803 e. The minimum Gasteiger partial charge on any atom is -0.803 e. The Morgan fingerprint density at radius 3 is 2.00 bits per heavy atom. The zero-order chi connectivity index (χ0) is 9.94. The molecule has 0 aromatic carbocycles. The van der Waals surface area contributed by atoms with Crippen molar-refractivity contribution in [3.8, 4) is 0 Å². The second kappa shape index (κ2) is 6.45. The maximum Gasteiger partial charge on any atom is 1.00 e. The first-order chi connectivity index (χ1) is 5.24. The van der Waals surface area contributed by atoms with Crippen LogP contribution in [0.2, 0.25) is 0 Å². The van der Waals surface area contributed by atoms with Gasteiger partial charge in [0.05, 0.1) is 5.25 Å². The van der Waals surface area contributed by atoms with Gasteiger partial charge in [0.2, 0.25) is 0 Å². The Kier molecular flexibility index (Phi) is 8.14. The summed E-state index contributed by atoms with van der Waals surface area (Å²) in [6.45, 7) is -1.23. The third-order valence-electron chi connectivity index (χ3n) is 1.15. The van der Waals surface area contributed by atoms with Crippen LogP contribution in [-0.2, 0) is 4.57 Å². The van der Waals surface area contributed by atoms with E-state index < -0.39 is 12.0 Å². The number of nitrogens with two attached hydrogens (primary N) is 1. The van der Waals surface area contributed by atoms with Gasteiger partial charge in [-0.25, -0.2) is 0 Å². The van der Waals surface area contributed by atoms with Gasteiger partial charge in [0.15, 0.2) is 0 Å². The molecule has 1 atom stereocenters. The van der Waals surface area contributed by atoms with Gasteiger partial charge < -0.3 is 20.1 Å². The van der Waals surface area contributed by atoms with Crippen LogP contribution in [0.4, 0.5) is 0 Å². The molecular weight excluding hydrogens is 222 g/mol. The van der Waals surface area contributed by atoms with E-state index in [1.54, 1.807) is 13.8 Å². The second-order valence-corrected chi connectivity index (χ2v) is 6.26. The molecule has 0 amide bonds. The average Bonchev–Trinajstić information content (AvgIpc) is 1.79. The molecule has 0 fully saturated rings. The summed E-state index contributed by atoms with van der Waals surface area (Å²) in [7, 11) is 0. The Morgan fingerprint density at radius 2 is 1.92 bits per heavy atom. The molecule has 0 saturated carbocycles. The van der Waals surface area contributed by atoms with Gasteiger partial charge in [0.25, 0.3) is 0 Å². The van der Waals surface area contributed by atoms with Gasteiger partial charge in [0.1, 0.15) is 5.84 Å². The van der Waals surface area contributed by atoms with Crippen molar-refractivity contribution in [1.29, 1.82) is 5.41 Å². The minimum atomic E-state index is -4.63. The topological polar surface area (TPSA) is 113 Å². The molecule has 0 spiro atoms. The summed E-state index contributed by atoms with van der Waals surface area (Å²) >= 11 is 0.213.